The van der Waals surface area contributed by atoms with E-state index in [2.05, 4.69) is 30.7 Å². The number of ether oxygens (including phenoxy) is 1. The van der Waals surface area contributed by atoms with Gasteiger partial charge < -0.3 is 10.5 Å². The number of nitrogen functional groups attached to an aromatic ring is 1. The van der Waals surface area contributed by atoms with Crippen molar-refractivity contribution in [1.29, 1.82) is 0 Å². The van der Waals surface area contributed by atoms with Gasteiger partial charge in [0.25, 0.3) is 0 Å². The van der Waals surface area contributed by atoms with Crippen molar-refractivity contribution < 1.29 is 4.74 Å². The number of nitrogens with zero attached hydrogens (tertiary/aromatic N) is 2. The first-order valence-electron chi connectivity index (χ1n) is 6.27. The topological polar surface area (TPSA) is 61.0 Å². The summed E-state index contributed by atoms with van der Waals surface area (Å²) in [7, 11) is 0. The molecule has 4 heteroatoms. The predicted octanol–water partition coefficient (Wildman–Crippen LogP) is 2.94. The van der Waals surface area contributed by atoms with E-state index in [1.165, 1.54) is 0 Å². The molecule has 0 radical (unpaired) electrons. The monoisotopic (exact) mass is 257 g/mol. The third-order valence-corrected chi connectivity index (χ3v) is 2.67. The van der Waals surface area contributed by atoms with Gasteiger partial charge in [0, 0.05) is 11.5 Å². The summed E-state index contributed by atoms with van der Waals surface area (Å²) in [5.74, 6) is 1.88. The van der Waals surface area contributed by atoms with Crippen molar-refractivity contribution in [3.8, 4) is 5.75 Å². The lowest BCUT2D eigenvalue weighted by atomic mass is 9.92. The molecule has 1 aromatic carbocycles. The van der Waals surface area contributed by atoms with Crippen molar-refractivity contribution in [2.24, 2.45) is 0 Å². The Morgan fingerprint density at radius 1 is 1.11 bits per heavy atom. The molecule has 0 aliphatic carbocycles. The highest BCUT2D eigenvalue weighted by atomic mass is 16.5. The Kier molecular flexibility index (Phi) is 3.69. The number of benzene rings is 1. The van der Waals surface area contributed by atoms with Gasteiger partial charge in [-0.15, -0.1) is 0 Å². The molecule has 100 valence electrons. The molecule has 0 spiro atoms. The molecule has 0 saturated carbocycles. The fraction of sp³-hybridized carbons (Fsp3) is 0.333. The van der Waals surface area contributed by atoms with E-state index in [1.54, 1.807) is 0 Å². The summed E-state index contributed by atoms with van der Waals surface area (Å²) >= 11 is 0. The number of aromatic nitrogens is 2. The SMILES string of the molecule is CC(C)(C)c1cc(N)nc(COc2ccccc2)n1. The molecule has 0 fully saturated rings. The summed E-state index contributed by atoms with van der Waals surface area (Å²) in [4.78, 5) is 8.71. The van der Waals surface area contributed by atoms with Crippen molar-refractivity contribution in [2.45, 2.75) is 32.8 Å². The molecule has 2 rings (SSSR count). The van der Waals surface area contributed by atoms with Crippen LogP contribution in [0.2, 0.25) is 0 Å². The first-order chi connectivity index (χ1) is 8.95. The summed E-state index contributed by atoms with van der Waals surface area (Å²) in [6, 6.07) is 11.4. The Morgan fingerprint density at radius 3 is 2.42 bits per heavy atom. The van der Waals surface area contributed by atoms with Crippen LogP contribution in [0.15, 0.2) is 36.4 Å². The van der Waals surface area contributed by atoms with Gasteiger partial charge in [0.1, 0.15) is 18.2 Å². The zero-order chi connectivity index (χ0) is 13.9. The van der Waals surface area contributed by atoms with Gasteiger partial charge in [-0.25, -0.2) is 9.97 Å². The molecule has 2 N–H and O–H groups in total. The Morgan fingerprint density at radius 2 is 1.79 bits per heavy atom. The number of rotatable bonds is 3. The molecule has 1 aromatic heterocycles. The van der Waals surface area contributed by atoms with E-state index < -0.39 is 0 Å². The van der Waals surface area contributed by atoms with Crippen molar-refractivity contribution >= 4 is 5.82 Å². The van der Waals surface area contributed by atoms with E-state index in [9.17, 15) is 0 Å². The smallest absolute Gasteiger partial charge is 0.168 e. The van der Waals surface area contributed by atoms with E-state index in [0.29, 0.717) is 18.2 Å². The van der Waals surface area contributed by atoms with Gasteiger partial charge >= 0.3 is 0 Å². The van der Waals surface area contributed by atoms with Crippen LogP contribution < -0.4 is 10.5 Å². The van der Waals surface area contributed by atoms with Crippen molar-refractivity contribution in [1.82, 2.24) is 9.97 Å². The van der Waals surface area contributed by atoms with Crippen LogP contribution in [0.1, 0.15) is 32.3 Å². The summed E-state index contributed by atoms with van der Waals surface area (Å²) in [5.41, 5.74) is 6.68. The molecular weight excluding hydrogens is 238 g/mol. The van der Waals surface area contributed by atoms with Crippen molar-refractivity contribution in [2.75, 3.05) is 5.73 Å². The molecule has 0 aliphatic rings. The zero-order valence-corrected chi connectivity index (χ0v) is 11.6. The summed E-state index contributed by atoms with van der Waals surface area (Å²) in [6.07, 6.45) is 0. The molecule has 2 aromatic rings. The second-order valence-corrected chi connectivity index (χ2v) is 5.45. The van der Waals surface area contributed by atoms with E-state index in [-0.39, 0.29) is 5.41 Å². The van der Waals surface area contributed by atoms with E-state index in [1.807, 2.05) is 36.4 Å². The second-order valence-electron chi connectivity index (χ2n) is 5.45. The molecule has 0 amide bonds. The van der Waals surface area contributed by atoms with Gasteiger partial charge in [0.2, 0.25) is 0 Å². The lowest BCUT2D eigenvalue weighted by molar-refractivity contribution is 0.295. The summed E-state index contributed by atoms with van der Waals surface area (Å²) < 4.78 is 5.63. The fourth-order valence-electron chi connectivity index (χ4n) is 1.63. The van der Waals surface area contributed by atoms with Gasteiger partial charge in [0.05, 0.1) is 5.69 Å². The van der Waals surface area contributed by atoms with Gasteiger partial charge in [-0.1, -0.05) is 39.0 Å². The maximum absolute atomic E-state index is 5.82. The predicted molar refractivity (Wildman–Crippen MR) is 75.9 cm³/mol. The number of para-hydroxylation sites is 1. The van der Waals surface area contributed by atoms with Crippen LogP contribution >= 0.6 is 0 Å². The largest absolute Gasteiger partial charge is 0.486 e. The van der Waals surface area contributed by atoms with Crippen LogP contribution in [0.5, 0.6) is 5.75 Å². The molecule has 1 heterocycles. The number of anilines is 1. The molecule has 4 nitrogen and oxygen atoms in total. The Labute approximate surface area is 113 Å². The Bertz CT molecular complexity index is 547. The van der Waals surface area contributed by atoms with Crippen LogP contribution in [0, 0.1) is 0 Å². The second kappa shape index (κ2) is 5.26. The molecule has 0 bridgehead atoms. The Balaban J connectivity index is 2.15. The average Bonchev–Trinajstić information content (AvgIpc) is 2.36. The third kappa shape index (κ3) is 3.68. The normalized spacial score (nSPS) is 11.3. The van der Waals surface area contributed by atoms with E-state index in [0.717, 1.165) is 11.4 Å². The van der Waals surface area contributed by atoms with Crippen LogP contribution in [0.25, 0.3) is 0 Å². The zero-order valence-electron chi connectivity index (χ0n) is 11.6. The lowest BCUT2D eigenvalue weighted by Gasteiger charge is -2.18. The highest BCUT2D eigenvalue weighted by Crippen LogP contribution is 2.21. The summed E-state index contributed by atoms with van der Waals surface area (Å²) in [5, 5.41) is 0. The maximum atomic E-state index is 5.82. The quantitative estimate of drug-likeness (QED) is 0.918. The fourth-order valence-corrected chi connectivity index (χ4v) is 1.63. The maximum Gasteiger partial charge on any atom is 0.168 e. The molecule has 0 unspecified atom stereocenters. The number of hydrogen-bond donors (Lipinski definition) is 1. The lowest BCUT2D eigenvalue weighted by Crippen LogP contribution is -2.17. The van der Waals surface area contributed by atoms with Gasteiger partial charge in [-0.2, -0.15) is 0 Å². The third-order valence-electron chi connectivity index (χ3n) is 2.67. The Hall–Kier alpha value is -2.10. The molecule has 0 aliphatic heterocycles. The van der Waals surface area contributed by atoms with Crippen LogP contribution in [-0.2, 0) is 12.0 Å². The van der Waals surface area contributed by atoms with Gasteiger partial charge in [-0.3, -0.25) is 0 Å². The van der Waals surface area contributed by atoms with Crippen molar-refractivity contribution in [3.63, 3.8) is 0 Å². The first kappa shape index (κ1) is 13.3. The minimum absolute atomic E-state index is 0.0570. The van der Waals surface area contributed by atoms with Crippen LogP contribution in [0.4, 0.5) is 5.82 Å². The minimum atomic E-state index is -0.0570. The van der Waals surface area contributed by atoms with E-state index in [4.69, 9.17) is 10.5 Å². The average molecular weight is 257 g/mol. The summed E-state index contributed by atoms with van der Waals surface area (Å²) in [6.45, 7) is 6.60. The molecule has 0 atom stereocenters. The van der Waals surface area contributed by atoms with Crippen LogP contribution in [-0.4, -0.2) is 9.97 Å². The van der Waals surface area contributed by atoms with Gasteiger partial charge in [0.15, 0.2) is 5.82 Å². The van der Waals surface area contributed by atoms with Crippen LogP contribution in [0.3, 0.4) is 0 Å². The van der Waals surface area contributed by atoms with E-state index >= 15 is 0 Å². The van der Waals surface area contributed by atoms with Gasteiger partial charge in [-0.05, 0) is 12.1 Å². The minimum Gasteiger partial charge on any atom is -0.486 e. The standard InChI is InChI=1S/C15H19N3O/c1-15(2,3)12-9-13(16)18-14(17-12)10-19-11-7-5-4-6-8-11/h4-9H,10H2,1-3H3,(H2,16,17,18). The molecule has 0 saturated heterocycles. The molecular formula is C15H19N3O. The highest BCUT2D eigenvalue weighted by molar-refractivity contribution is 5.32. The number of hydrogen-bond acceptors (Lipinski definition) is 4. The molecule has 19 heavy (non-hydrogen) atoms. The first-order valence-corrected chi connectivity index (χ1v) is 6.27. The van der Waals surface area contributed by atoms with Crippen molar-refractivity contribution in [3.05, 3.63) is 47.9 Å². The highest BCUT2D eigenvalue weighted by Gasteiger charge is 2.17. The number of nitrogens with two attached hydrogens (primary N) is 1.